The van der Waals surface area contributed by atoms with Crippen LogP contribution in [0.1, 0.15) is 21.5 Å². The van der Waals surface area contributed by atoms with Crippen LogP contribution in [-0.4, -0.2) is 61.7 Å². The molecular formula is C26H27N3O4. The Morgan fingerprint density at radius 1 is 1.06 bits per heavy atom. The molecule has 0 spiro atoms. The third-order valence-electron chi connectivity index (χ3n) is 5.56. The van der Waals surface area contributed by atoms with Crippen LogP contribution < -0.4 is 10.1 Å². The number of hydrogen-bond acceptors (Lipinski definition) is 5. The minimum atomic E-state index is -0.157. The van der Waals surface area contributed by atoms with Gasteiger partial charge < -0.3 is 19.7 Å². The van der Waals surface area contributed by atoms with Crippen LogP contribution in [0, 0.1) is 0 Å². The summed E-state index contributed by atoms with van der Waals surface area (Å²) in [5.74, 6) is 0.464. The lowest BCUT2D eigenvalue weighted by atomic mass is 9.97. The van der Waals surface area contributed by atoms with Gasteiger partial charge in [0.1, 0.15) is 19.0 Å². The van der Waals surface area contributed by atoms with Gasteiger partial charge in [-0.2, -0.15) is 0 Å². The first-order valence-electron chi connectivity index (χ1n) is 10.9. The van der Waals surface area contributed by atoms with Crippen LogP contribution in [0.4, 0.5) is 0 Å². The Hall–Kier alpha value is -3.71. The number of carbonyl (C=O) groups is 2. The van der Waals surface area contributed by atoms with E-state index in [1.54, 1.807) is 23.4 Å². The molecule has 0 aliphatic carbocycles. The number of methoxy groups -OCH3 is 1. The number of aromatic nitrogens is 1. The fraction of sp³-hybridized carbons (Fsp3) is 0.269. The zero-order chi connectivity index (χ0) is 23.0. The van der Waals surface area contributed by atoms with Gasteiger partial charge in [-0.3, -0.25) is 14.6 Å². The van der Waals surface area contributed by atoms with Crippen molar-refractivity contribution < 1.29 is 19.1 Å². The molecule has 2 amide bonds. The van der Waals surface area contributed by atoms with Crippen molar-refractivity contribution in [1.29, 1.82) is 0 Å². The summed E-state index contributed by atoms with van der Waals surface area (Å²) in [6.07, 6.45) is 4.15. The van der Waals surface area contributed by atoms with E-state index in [4.69, 9.17) is 9.47 Å². The van der Waals surface area contributed by atoms with Gasteiger partial charge in [0, 0.05) is 44.6 Å². The quantitative estimate of drug-likeness (QED) is 0.671. The topological polar surface area (TPSA) is 80.8 Å². The molecule has 1 aliphatic rings. The fourth-order valence-corrected chi connectivity index (χ4v) is 3.87. The molecular weight excluding hydrogens is 418 g/mol. The fourth-order valence-electron chi connectivity index (χ4n) is 3.87. The zero-order valence-electron chi connectivity index (χ0n) is 18.6. The molecule has 170 valence electrons. The molecule has 0 saturated carbocycles. The van der Waals surface area contributed by atoms with Crippen molar-refractivity contribution in [2.24, 2.45) is 0 Å². The van der Waals surface area contributed by atoms with E-state index in [0.29, 0.717) is 38.2 Å². The van der Waals surface area contributed by atoms with Crippen LogP contribution in [0.25, 0.3) is 11.1 Å². The molecule has 0 fully saturated rings. The zero-order valence-corrected chi connectivity index (χ0v) is 18.6. The highest BCUT2D eigenvalue weighted by Crippen LogP contribution is 2.29. The molecule has 0 atom stereocenters. The summed E-state index contributed by atoms with van der Waals surface area (Å²) < 4.78 is 11.1. The Kier molecular flexibility index (Phi) is 7.32. The molecule has 0 unspecified atom stereocenters. The Balaban J connectivity index is 1.67. The summed E-state index contributed by atoms with van der Waals surface area (Å²) in [5.41, 5.74) is 4.75. The van der Waals surface area contributed by atoms with Gasteiger partial charge in [-0.05, 0) is 58.7 Å². The van der Waals surface area contributed by atoms with Gasteiger partial charge in [-0.15, -0.1) is 0 Å². The van der Waals surface area contributed by atoms with Crippen LogP contribution in [0.3, 0.4) is 0 Å². The summed E-state index contributed by atoms with van der Waals surface area (Å²) in [6, 6.07) is 17.6. The first-order chi connectivity index (χ1) is 16.1. The highest BCUT2D eigenvalue weighted by molar-refractivity contribution is 5.94. The van der Waals surface area contributed by atoms with Crippen molar-refractivity contribution in [1.82, 2.24) is 15.2 Å². The number of nitrogens with one attached hydrogen (secondary N) is 1. The summed E-state index contributed by atoms with van der Waals surface area (Å²) in [4.78, 5) is 30.9. The van der Waals surface area contributed by atoms with E-state index in [2.05, 4.69) is 16.4 Å². The molecule has 33 heavy (non-hydrogen) atoms. The smallest absolute Gasteiger partial charge is 0.251 e. The molecule has 0 radical (unpaired) electrons. The summed E-state index contributed by atoms with van der Waals surface area (Å²) in [5, 5.41) is 2.90. The van der Waals surface area contributed by atoms with Gasteiger partial charge in [0.05, 0.1) is 6.54 Å². The number of hydrogen-bond donors (Lipinski definition) is 1. The second-order valence-electron chi connectivity index (χ2n) is 7.85. The van der Waals surface area contributed by atoms with Crippen molar-refractivity contribution in [2.45, 2.75) is 6.42 Å². The lowest BCUT2D eigenvalue weighted by Crippen LogP contribution is -2.42. The Labute approximate surface area is 193 Å². The maximum Gasteiger partial charge on any atom is 0.251 e. The molecule has 2 aromatic carbocycles. The summed E-state index contributed by atoms with van der Waals surface area (Å²) >= 11 is 0. The van der Waals surface area contributed by atoms with Gasteiger partial charge in [0.2, 0.25) is 5.91 Å². The van der Waals surface area contributed by atoms with Gasteiger partial charge >= 0.3 is 0 Å². The third-order valence-corrected chi connectivity index (χ3v) is 5.56. The largest absolute Gasteiger partial charge is 0.491 e. The van der Waals surface area contributed by atoms with E-state index in [9.17, 15) is 9.59 Å². The van der Waals surface area contributed by atoms with Gasteiger partial charge in [-0.1, -0.05) is 18.2 Å². The number of carbonyl (C=O) groups excluding carboxylic acids is 2. The van der Waals surface area contributed by atoms with Crippen molar-refractivity contribution in [3.8, 4) is 16.9 Å². The lowest BCUT2D eigenvalue weighted by Gasteiger charge is -2.23. The molecule has 2 heterocycles. The van der Waals surface area contributed by atoms with E-state index < -0.39 is 0 Å². The summed E-state index contributed by atoms with van der Waals surface area (Å²) in [7, 11) is 1.49. The monoisotopic (exact) mass is 445 g/mol. The Morgan fingerprint density at radius 3 is 2.73 bits per heavy atom. The van der Waals surface area contributed by atoms with Gasteiger partial charge in [0.15, 0.2) is 0 Å². The van der Waals surface area contributed by atoms with Crippen LogP contribution in [0.2, 0.25) is 0 Å². The lowest BCUT2D eigenvalue weighted by molar-refractivity contribution is -0.135. The summed E-state index contributed by atoms with van der Waals surface area (Å²) in [6.45, 7) is 1.46. The maximum atomic E-state index is 12.7. The second kappa shape index (κ2) is 10.7. The average Bonchev–Trinajstić information content (AvgIpc) is 2.84. The SMILES string of the molecule is COCC(=O)N1CCNC(=O)c2cccc(c2)Cc2cc(-c3ccncc3)ccc2OCC1. The van der Waals surface area contributed by atoms with E-state index in [1.807, 2.05) is 42.5 Å². The van der Waals surface area contributed by atoms with Gasteiger partial charge in [-0.25, -0.2) is 0 Å². The molecule has 7 heteroatoms. The van der Waals surface area contributed by atoms with E-state index in [1.165, 1.54) is 7.11 Å². The first kappa shape index (κ1) is 22.5. The second-order valence-corrected chi connectivity index (χ2v) is 7.85. The van der Waals surface area contributed by atoms with Crippen LogP contribution >= 0.6 is 0 Å². The number of pyridine rings is 1. The molecule has 0 saturated heterocycles. The standard InChI is InChI=1S/C26H27N3O4/c1-32-18-25(30)29-12-11-28-26(31)22-4-2-3-19(15-22)16-23-17-21(20-7-9-27-10-8-20)5-6-24(23)33-14-13-29/h2-10,15,17H,11-14,16,18H2,1H3,(H,28,31). The minimum Gasteiger partial charge on any atom is -0.491 e. The molecule has 1 N–H and O–H groups in total. The minimum absolute atomic E-state index is 0.0120. The molecule has 2 bridgehead atoms. The van der Waals surface area contributed by atoms with Crippen molar-refractivity contribution >= 4 is 11.8 Å². The molecule has 4 rings (SSSR count). The van der Waals surface area contributed by atoms with Crippen molar-refractivity contribution in [2.75, 3.05) is 40.0 Å². The highest BCUT2D eigenvalue weighted by atomic mass is 16.5. The van der Waals surface area contributed by atoms with E-state index in [-0.39, 0.29) is 18.4 Å². The maximum absolute atomic E-state index is 12.7. The highest BCUT2D eigenvalue weighted by Gasteiger charge is 2.16. The van der Waals surface area contributed by atoms with Crippen LogP contribution in [0.15, 0.2) is 67.0 Å². The number of nitrogens with zero attached hydrogens (tertiary/aromatic N) is 2. The average molecular weight is 446 g/mol. The number of rotatable bonds is 3. The molecule has 7 nitrogen and oxygen atoms in total. The molecule has 1 aromatic heterocycles. The number of ether oxygens (including phenoxy) is 2. The third kappa shape index (κ3) is 5.75. The predicted molar refractivity (Wildman–Crippen MR) is 125 cm³/mol. The van der Waals surface area contributed by atoms with Crippen LogP contribution in [0.5, 0.6) is 5.75 Å². The van der Waals surface area contributed by atoms with Crippen LogP contribution in [-0.2, 0) is 16.0 Å². The Bertz CT molecular complexity index is 1120. The molecule has 3 aromatic rings. The van der Waals surface area contributed by atoms with E-state index in [0.717, 1.165) is 28.0 Å². The first-order valence-corrected chi connectivity index (χ1v) is 10.9. The number of amides is 2. The Morgan fingerprint density at radius 2 is 1.91 bits per heavy atom. The van der Waals surface area contributed by atoms with Crippen molar-refractivity contribution in [3.05, 3.63) is 83.7 Å². The predicted octanol–water partition coefficient (Wildman–Crippen LogP) is 2.94. The van der Waals surface area contributed by atoms with Gasteiger partial charge in [0.25, 0.3) is 5.91 Å². The number of fused-ring (bicyclic) bond motifs is 3. The normalized spacial score (nSPS) is 14.5. The van der Waals surface area contributed by atoms with E-state index >= 15 is 0 Å². The van der Waals surface area contributed by atoms with Crippen molar-refractivity contribution in [3.63, 3.8) is 0 Å². The number of benzene rings is 2. The molecule has 1 aliphatic heterocycles.